The standard InChI is InChI=1S/C19H21NO5S.C9H14N2O2S.C7H5O2.4C2H6.2CH3I.CH4O.CH4.Y/c1-19(2,3)25-18(23)20-15-11-26-10-14(15)9-16(21)12-5-7-13(8-6-12)17(22)24-4;1-9(2,3)13-8(12)11-7-5-14-4-6(7)10;8-7(9)6-4-2-1-3-5-6;7*1-2;;/h5-8,10-11H,9H2,1-4H3,(H,20,23);4-5H,10H2,1-3H3,(H,11,12);2-5H,(H,8,9);4*1-2H3;2*1H3;2H,1H3;1H4;/q;;-1;;;;;;;;;. The third-order valence-corrected chi connectivity index (χ3v) is 7.20. The second-order valence-corrected chi connectivity index (χ2v) is 13.6. The normalized spacial score (nSPS) is 8.63. The van der Waals surface area contributed by atoms with Gasteiger partial charge in [-0.1, -0.05) is 120 Å². The van der Waals surface area contributed by atoms with Gasteiger partial charge in [0.2, 0.25) is 0 Å². The quantitative estimate of drug-likeness (QED) is 0.0294. The fraction of sp³-hybridized carbons (Fsp3) is 0.468. The third-order valence-electron chi connectivity index (χ3n) is 5.65. The van der Waals surface area contributed by atoms with Crippen LogP contribution in [0.1, 0.15) is 141 Å². The topological polar surface area (TPSA) is 204 Å². The number of carboxylic acid groups (broad SMARTS) is 1. The molecular weight excluding hydrogens is 1170 g/mol. The maximum atomic E-state index is 12.5. The number of hydrogen-bond donors (Lipinski definition) is 5. The van der Waals surface area contributed by atoms with Crippen molar-refractivity contribution in [3.8, 4) is 0 Å². The molecule has 371 valence electrons. The zero-order chi connectivity index (χ0) is 50.8. The number of ketones is 1. The van der Waals surface area contributed by atoms with Gasteiger partial charge in [-0.15, -0.1) is 22.7 Å². The number of esters is 1. The monoisotopic (exact) mass is 1250 g/mol. The van der Waals surface area contributed by atoms with Crippen molar-refractivity contribution < 1.29 is 81.1 Å². The zero-order valence-electron chi connectivity index (χ0n) is 41.0. The number of aromatic carboxylic acids is 1. The number of thiophene rings is 2. The molecule has 4 aromatic rings. The first kappa shape index (κ1) is 79.4. The molecule has 2 aromatic heterocycles. The minimum absolute atomic E-state index is 0. The number of rotatable bonds is 7. The van der Waals surface area contributed by atoms with Crippen molar-refractivity contribution in [2.45, 2.75) is 122 Å². The summed E-state index contributed by atoms with van der Waals surface area (Å²) < 4.78 is 14.9. The predicted octanol–water partition coefficient (Wildman–Crippen LogP) is 14.6. The number of ether oxygens (including phenoxy) is 3. The number of amides is 2. The van der Waals surface area contributed by atoms with Crippen LogP contribution in [0.25, 0.3) is 0 Å². The number of methoxy groups -OCH3 is 1. The maximum Gasteiger partial charge on any atom is 0.412 e. The van der Waals surface area contributed by atoms with Crippen molar-refractivity contribution >= 4 is 115 Å². The van der Waals surface area contributed by atoms with Crippen LogP contribution < -0.4 is 16.4 Å². The maximum absolute atomic E-state index is 12.5. The molecule has 0 aliphatic heterocycles. The number of benzene rings is 2. The number of nitrogen functional groups attached to an aromatic ring is 1. The molecule has 2 aromatic carbocycles. The van der Waals surface area contributed by atoms with E-state index in [1.165, 1.54) is 41.9 Å². The summed E-state index contributed by atoms with van der Waals surface area (Å²) in [5.41, 5.74) is 8.09. The third kappa shape index (κ3) is 42.4. The summed E-state index contributed by atoms with van der Waals surface area (Å²) in [7, 11) is 2.30. The van der Waals surface area contributed by atoms with Crippen molar-refractivity contribution in [1.82, 2.24) is 0 Å². The van der Waals surface area contributed by atoms with E-state index in [1.807, 2.05) is 91.4 Å². The molecule has 0 aliphatic carbocycles. The smallest absolute Gasteiger partial charge is 0.412 e. The van der Waals surface area contributed by atoms with E-state index in [0.717, 1.165) is 7.11 Å². The summed E-state index contributed by atoms with van der Waals surface area (Å²) in [6, 6.07) is 15.1. The fourth-order valence-electron chi connectivity index (χ4n) is 3.52. The Kier molecular flexibility index (Phi) is 62.0. The molecule has 0 unspecified atom stereocenters. The number of carbonyl (C=O) groups is 5. The van der Waals surface area contributed by atoms with Crippen LogP contribution in [0.15, 0.2) is 70.1 Å². The van der Waals surface area contributed by atoms with E-state index in [1.54, 1.807) is 73.3 Å². The summed E-state index contributed by atoms with van der Waals surface area (Å²) >= 11 is 7.12. The fourth-order valence-corrected chi connectivity index (χ4v) is 4.98. The molecule has 0 aliphatic rings. The average Bonchev–Trinajstić information content (AvgIpc) is 3.91. The van der Waals surface area contributed by atoms with Gasteiger partial charge in [-0.2, -0.15) is 30.3 Å². The largest absolute Gasteiger partial charge is 0.479 e. The van der Waals surface area contributed by atoms with Crippen LogP contribution in [0.2, 0.25) is 0 Å². The Hall–Kier alpha value is -2.69. The van der Waals surface area contributed by atoms with E-state index in [4.69, 9.17) is 25.4 Å². The van der Waals surface area contributed by atoms with Crippen LogP contribution in [0.5, 0.6) is 0 Å². The van der Waals surface area contributed by atoms with Gasteiger partial charge in [-0.05, 0) is 80.0 Å². The first-order valence-corrected chi connectivity index (χ1v) is 26.1. The van der Waals surface area contributed by atoms with Crippen molar-refractivity contribution in [3.05, 3.63) is 98.4 Å². The molecule has 0 saturated heterocycles. The van der Waals surface area contributed by atoms with Gasteiger partial charge in [0, 0.05) is 67.9 Å². The number of aliphatic hydroxyl groups excluding tert-OH is 1. The Morgan fingerprint density at radius 2 is 1.02 bits per heavy atom. The van der Waals surface area contributed by atoms with Gasteiger partial charge in [0.1, 0.15) is 11.2 Å². The minimum Gasteiger partial charge on any atom is -0.479 e. The number of carbonyl (C=O) groups excluding carboxylic acids is 4. The number of carboxylic acids is 1. The molecule has 0 bridgehead atoms. The summed E-state index contributed by atoms with van der Waals surface area (Å²) in [5, 5.41) is 27.7. The summed E-state index contributed by atoms with van der Waals surface area (Å²) in [6.45, 7) is 26.8. The zero-order valence-corrected chi connectivity index (χ0v) is 49.8. The van der Waals surface area contributed by atoms with Crippen LogP contribution in [0.4, 0.5) is 26.7 Å². The van der Waals surface area contributed by atoms with Gasteiger partial charge in [0.15, 0.2) is 5.78 Å². The van der Waals surface area contributed by atoms with Gasteiger partial charge in [-0.3, -0.25) is 15.4 Å². The van der Waals surface area contributed by atoms with Gasteiger partial charge in [0.05, 0.1) is 29.7 Å². The van der Waals surface area contributed by atoms with Crippen LogP contribution in [-0.2, 0) is 53.3 Å². The van der Waals surface area contributed by atoms with Crippen molar-refractivity contribution in [2.24, 2.45) is 0 Å². The molecular formula is C47H78I2N3O10S2Y-. The average molecular weight is 1250 g/mol. The molecule has 2 heterocycles. The van der Waals surface area contributed by atoms with Gasteiger partial charge >= 0.3 is 24.1 Å². The summed E-state index contributed by atoms with van der Waals surface area (Å²) in [6.07, 6.45) is -0.915. The molecule has 0 fully saturated rings. The van der Waals surface area contributed by atoms with Crippen molar-refractivity contribution in [3.63, 3.8) is 0 Å². The Labute approximate surface area is 452 Å². The van der Waals surface area contributed by atoms with Crippen LogP contribution >= 0.6 is 67.9 Å². The van der Waals surface area contributed by atoms with Crippen molar-refractivity contribution in [2.75, 3.05) is 40.4 Å². The molecule has 13 nitrogen and oxygen atoms in total. The molecule has 2 amide bonds. The van der Waals surface area contributed by atoms with E-state index in [9.17, 15) is 24.0 Å². The Morgan fingerprint density at radius 3 is 1.35 bits per heavy atom. The van der Waals surface area contributed by atoms with Crippen LogP contribution in [0, 0.1) is 6.07 Å². The molecule has 0 spiro atoms. The Bertz CT molecular complexity index is 1730. The number of anilines is 3. The first-order chi connectivity index (χ1) is 29.9. The first-order valence-electron chi connectivity index (χ1n) is 19.9. The molecule has 4 rings (SSSR count). The number of nitrogens with two attached hydrogens (primary N) is 1. The van der Waals surface area contributed by atoms with Crippen LogP contribution in [0.3, 0.4) is 0 Å². The Balaban J connectivity index is -0.000000118. The molecule has 0 atom stereocenters. The molecule has 6 N–H and O–H groups in total. The molecule has 1 radical (unpaired) electrons. The second kappa shape index (κ2) is 50.7. The molecule has 18 heteroatoms. The van der Waals surface area contributed by atoms with Gasteiger partial charge < -0.3 is 30.2 Å². The van der Waals surface area contributed by atoms with E-state index >= 15 is 0 Å². The number of aliphatic hydroxyl groups is 1. The van der Waals surface area contributed by atoms with E-state index in [0.29, 0.717) is 39.3 Å². The van der Waals surface area contributed by atoms with E-state index in [-0.39, 0.29) is 52.3 Å². The van der Waals surface area contributed by atoms with Gasteiger partial charge in [0.25, 0.3) is 0 Å². The second-order valence-electron chi connectivity index (χ2n) is 12.1. The summed E-state index contributed by atoms with van der Waals surface area (Å²) in [5.74, 6) is -1.47. The number of alkyl halides is 2. The van der Waals surface area contributed by atoms with Crippen molar-refractivity contribution in [1.29, 1.82) is 0 Å². The van der Waals surface area contributed by atoms with Crippen LogP contribution in [-0.4, -0.2) is 75.4 Å². The SMILES string of the molecule is C.CC.CC.CC.CC.CC(C)(C)OC(=O)Nc1cscc1N.CI.CI.CO.COC(=O)c1ccc(C(=O)Cc2cscc2NC(=O)OC(C)(C)C)cc1.O=C(O)c1cc[c-]cc1.[Y]. The Morgan fingerprint density at radius 1 is 0.646 bits per heavy atom. The number of halogens is 2. The van der Waals surface area contributed by atoms with E-state index < -0.39 is 35.3 Å². The predicted molar refractivity (Wildman–Crippen MR) is 291 cm³/mol. The number of Topliss-reactive ketones (excluding diaryl/α,β-unsaturated/α-hetero) is 1. The number of nitrogens with one attached hydrogen (secondary N) is 2. The molecule has 0 saturated carbocycles. The number of hydrogen-bond acceptors (Lipinski definition) is 12. The minimum atomic E-state index is -0.899. The summed E-state index contributed by atoms with van der Waals surface area (Å²) in [4.78, 5) is 61.2. The molecule has 65 heavy (non-hydrogen) atoms. The van der Waals surface area contributed by atoms with Gasteiger partial charge in [-0.25, -0.2) is 19.2 Å². The van der Waals surface area contributed by atoms with E-state index in [2.05, 4.69) is 66.6 Å².